The van der Waals surface area contributed by atoms with Crippen molar-refractivity contribution in [2.45, 2.75) is 89.9 Å². The monoisotopic (exact) mass is 310 g/mol. The van der Waals surface area contributed by atoms with Gasteiger partial charge in [-0.1, -0.05) is 38.5 Å². The van der Waals surface area contributed by atoms with Crippen molar-refractivity contribution in [3.05, 3.63) is 0 Å². The van der Waals surface area contributed by atoms with Crippen LogP contribution in [0.25, 0.3) is 0 Å². The Morgan fingerprint density at radius 1 is 0.478 bits per heavy atom. The standard InChI is InChI=1S/C23H34/c1-3-11-21-13-5-7-15-16-8-6-14-22-12-4-2-10-18(22)23(19(15)21,20(16)22)17(21)9-1/h15-20H,1-14H2. The lowest BCUT2D eigenvalue weighted by Crippen LogP contribution is -2.80. The minimum atomic E-state index is 0.891. The van der Waals surface area contributed by atoms with Gasteiger partial charge < -0.3 is 0 Å². The van der Waals surface area contributed by atoms with Crippen molar-refractivity contribution in [1.29, 1.82) is 0 Å². The highest BCUT2D eigenvalue weighted by Gasteiger charge is 2.90. The molecular weight excluding hydrogens is 276 g/mol. The smallest absolute Gasteiger partial charge is 0.0157 e. The molecule has 0 aliphatic heterocycles. The second kappa shape index (κ2) is 3.88. The molecule has 126 valence electrons. The minimum absolute atomic E-state index is 0.891. The zero-order valence-corrected chi connectivity index (χ0v) is 14.9. The lowest BCUT2D eigenvalue weighted by atomic mass is 9.19. The molecule has 7 fully saturated rings. The first kappa shape index (κ1) is 13.2. The van der Waals surface area contributed by atoms with E-state index in [2.05, 4.69) is 0 Å². The topological polar surface area (TPSA) is 0 Å². The van der Waals surface area contributed by atoms with Crippen LogP contribution in [0, 0.1) is 51.8 Å². The highest BCUT2D eigenvalue weighted by molar-refractivity contribution is 5.37. The summed E-state index contributed by atoms with van der Waals surface area (Å²) in [6.45, 7) is 0. The Kier molecular flexibility index (Phi) is 2.23. The van der Waals surface area contributed by atoms with Crippen LogP contribution in [0.4, 0.5) is 0 Å². The number of fused-ring (bicyclic) bond motifs is 1. The van der Waals surface area contributed by atoms with Gasteiger partial charge in [-0.05, 0) is 103 Å². The molecule has 0 N–H and O–H groups in total. The first-order valence-corrected chi connectivity index (χ1v) is 11.4. The van der Waals surface area contributed by atoms with E-state index in [1.54, 1.807) is 89.9 Å². The van der Waals surface area contributed by atoms with Crippen molar-refractivity contribution in [2.24, 2.45) is 51.8 Å². The highest BCUT2D eigenvalue weighted by Crippen LogP contribution is 2.95. The molecule has 7 rings (SSSR count). The molecule has 7 saturated carbocycles. The van der Waals surface area contributed by atoms with Crippen LogP contribution in [0.3, 0.4) is 0 Å². The van der Waals surface area contributed by atoms with Gasteiger partial charge in [0.15, 0.2) is 0 Å². The van der Waals surface area contributed by atoms with E-state index >= 15 is 0 Å². The predicted octanol–water partition coefficient (Wildman–Crippen LogP) is 6.20. The molecule has 0 radical (unpaired) electrons. The van der Waals surface area contributed by atoms with Gasteiger partial charge in [-0.25, -0.2) is 0 Å². The summed E-state index contributed by atoms with van der Waals surface area (Å²) < 4.78 is 0. The second-order valence-corrected chi connectivity index (χ2v) is 11.1. The molecule has 23 heavy (non-hydrogen) atoms. The lowest BCUT2D eigenvalue weighted by Gasteiger charge is -2.85. The summed E-state index contributed by atoms with van der Waals surface area (Å²) in [4.78, 5) is 0. The average Bonchev–Trinajstić information content (AvgIpc) is 2.83. The fourth-order valence-electron chi connectivity index (χ4n) is 12.0. The Morgan fingerprint density at radius 3 is 1.48 bits per heavy atom. The summed E-state index contributed by atoms with van der Waals surface area (Å²) in [5, 5.41) is 0. The molecule has 0 saturated heterocycles. The first-order chi connectivity index (χ1) is 11.4. The van der Waals surface area contributed by atoms with E-state index in [1.165, 1.54) is 35.5 Å². The molecule has 8 atom stereocenters. The Hall–Kier alpha value is 0. The molecule has 7 aliphatic carbocycles. The summed E-state index contributed by atoms with van der Waals surface area (Å²) in [5.41, 5.74) is 2.71. The van der Waals surface area contributed by atoms with Crippen LogP contribution in [0.1, 0.15) is 89.9 Å². The summed E-state index contributed by atoms with van der Waals surface area (Å²) in [6, 6.07) is 0. The third kappa shape index (κ3) is 1.09. The van der Waals surface area contributed by atoms with Crippen molar-refractivity contribution in [3.63, 3.8) is 0 Å². The van der Waals surface area contributed by atoms with E-state index in [1.807, 2.05) is 0 Å². The Bertz CT molecular complexity index is 504. The molecule has 0 bridgehead atoms. The van der Waals surface area contributed by atoms with Crippen molar-refractivity contribution in [1.82, 2.24) is 0 Å². The van der Waals surface area contributed by atoms with Gasteiger partial charge in [0.1, 0.15) is 0 Å². The van der Waals surface area contributed by atoms with Crippen LogP contribution in [0.15, 0.2) is 0 Å². The van der Waals surface area contributed by atoms with Crippen LogP contribution in [-0.2, 0) is 0 Å². The van der Waals surface area contributed by atoms with E-state index in [0.29, 0.717) is 0 Å². The quantitative estimate of drug-likeness (QED) is 0.499. The van der Waals surface area contributed by atoms with Crippen molar-refractivity contribution < 1.29 is 0 Å². The van der Waals surface area contributed by atoms with Crippen LogP contribution < -0.4 is 0 Å². The zero-order chi connectivity index (χ0) is 14.9. The van der Waals surface area contributed by atoms with Gasteiger partial charge in [0.05, 0.1) is 0 Å². The second-order valence-electron chi connectivity index (χ2n) is 11.1. The van der Waals surface area contributed by atoms with E-state index in [0.717, 1.165) is 16.2 Å². The molecule has 0 heteroatoms. The maximum absolute atomic E-state index is 1.65. The average molecular weight is 311 g/mol. The molecule has 0 heterocycles. The lowest BCUT2D eigenvalue weighted by molar-refractivity contribution is -0.375. The van der Waals surface area contributed by atoms with Crippen LogP contribution in [-0.4, -0.2) is 0 Å². The van der Waals surface area contributed by atoms with Crippen molar-refractivity contribution in [3.8, 4) is 0 Å². The summed E-state index contributed by atoms with van der Waals surface area (Å²) in [7, 11) is 0. The Morgan fingerprint density at radius 2 is 0.957 bits per heavy atom. The fraction of sp³-hybridized carbons (Fsp3) is 1.00. The maximum Gasteiger partial charge on any atom is -0.0157 e. The fourth-order valence-corrected chi connectivity index (χ4v) is 12.0. The van der Waals surface area contributed by atoms with Crippen LogP contribution >= 0.6 is 0 Å². The van der Waals surface area contributed by atoms with Gasteiger partial charge in [-0.2, -0.15) is 0 Å². The van der Waals surface area contributed by atoms with Crippen LogP contribution in [0.5, 0.6) is 0 Å². The van der Waals surface area contributed by atoms with E-state index < -0.39 is 0 Å². The largest absolute Gasteiger partial charge is 0.0530 e. The van der Waals surface area contributed by atoms with E-state index in [4.69, 9.17) is 0 Å². The summed E-state index contributed by atoms with van der Waals surface area (Å²) in [5.74, 6) is 7.29. The normalized spacial score (nSPS) is 67.8. The number of hydrogen-bond acceptors (Lipinski definition) is 0. The molecular formula is C23H34. The molecule has 8 unspecified atom stereocenters. The predicted molar refractivity (Wildman–Crippen MR) is 92.9 cm³/mol. The number of hydrogen-bond donors (Lipinski definition) is 0. The maximum atomic E-state index is 1.65. The summed E-state index contributed by atoms with van der Waals surface area (Å²) in [6.07, 6.45) is 22.8. The molecule has 0 nitrogen and oxygen atoms in total. The molecule has 0 aromatic heterocycles. The molecule has 7 aliphatic rings. The van der Waals surface area contributed by atoms with E-state index in [9.17, 15) is 0 Å². The van der Waals surface area contributed by atoms with Gasteiger partial charge in [0.2, 0.25) is 0 Å². The van der Waals surface area contributed by atoms with Crippen LogP contribution in [0.2, 0.25) is 0 Å². The van der Waals surface area contributed by atoms with Crippen molar-refractivity contribution >= 4 is 0 Å². The molecule has 0 aromatic carbocycles. The van der Waals surface area contributed by atoms with E-state index in [-0.39, 0.29) is 0 Å². The molecule has 0 aromatic rings. The van der Waals surface area contributed by atoms with Crippen molar-refractivity contribution in [2.75, 3.05) is 0 Å². The number of rotatable bonds is 0. The van der Waals surface area contributed by atoms with Gasteiger partial charge in [-0.3, -0.25) is 0 Å². The third-order valence-corrected chi connectivity index (χ3v) is 11.4. The van der Waals surface area contributed by atoms with Gasteiger partial charge in [-0.15, -0.1) is 0 Å². The Labute approximate surface area is 142 Å². The van der Waals surface area contributed by atoms with Gasteiger partial charge in [0, 0.05) is 0 Å². The minimum Gasteiger partial charge on any atom is -0.0530 e. The molecule has 0 amide bonds. The molecule has 3 spiro atoms. The van der Waals surface area contributed by atoms with Gasteiger partial charge in [0.25, 0.3) is 0 Å². The zero-order valence-electron chi connectivity index (χ0n) is 14.9. The van der Waals surface area contributed by atoms with Gasteiger partial charge >= 0.3 is 0 Å². The highest BCUT2D eigenvalue weighted by atomic mass is 14.9. The first-order valence-electron chi connectivity index (χ1n) is 11.4. The Balaban J connectivity index is 1.44. The summed E-state index contributed by atoms with van der Waals surface area (Å²) >= 11 is 0. The third-order valence-electron chi connectivity index (χ3n) is 11.4. The SMILES string of the molecule is C1CCC23CCCC4C5CCCC67CCCCC6C(C2C1)(C43)C57.